The summed E-state index contributed by atoms with van der Waals surface area (Å²) in [5, 5.41) is 0. The molecule has 0 heterocycles. The van der Waals surface area contributed by atoms with Gasteiger partial charge in [-0.15, -0.1) is 0 Å². The molecule has 0 aromatic heterocycles. The van der Waals surface area contributed by atoms with Crippen molar-refractivity contribution in [2.45, 2.75) is 0 Å². The molecule has 0 radical (unpaired) electrons. The summed E-state index contributed by atoms with van der Waals surface area (Å²) in [5.41, 5.74) is 0. The van der Waals surface area contributed by atoms with E-state index >= 15 is 0 Å². The van der Waals surface area contributed by atoms with Crippen molar-refractivity contribution in [1.82, 2.24) is 0 Å². The Labute approximate surface area is 71.8 Å². The van der Waals surface area contributed by atoms with E-state index in [1.165, 1.54) is 0 Å². The zero-order valence-electron chi connectivity index (χ0n) is 2.99. The molecule has 7 heavy (non-hydrogen) atoms. The van der Waals surface area contributed by atoms with Gasteiger partial charge in [0.05, 0.1) is 0 Å². The molecule has 0 amide bonds. The van der Waals surface area contributed by atoms with Crippen LogP contribution in [0.2, 0.25) is 0 Å². The zero-order valence-corrected chi connectivity index (χ0v) is 9.67. The summed E-state index contributed by atoms with van der Waals surface area (Å²) >= 11 is 0. The summed E-state index contributed by atoms with van der Waals surface area (Å²) in [7, 11) is -5.39. The van der Waals surface area contributed by atoms with Crippen LogP contribution < -0.4 is 14.7 Å². The van der Waals surface area contributed by atoms with E-state index in [2.05, 4.69) is 0 Å². The number of hydrogen-bond donors (Lipinski definition) is 0. The zero-order chi connectivity index (χ0) is 4.50. The first-order valence-corrected chi connectivity index (χ1v) is 2.19. The second-order valence-corrected chi connectivity index (χ2v) is 1.34. The number of rotatable bonds is 0. The summed E-state index contributed by atoms with van der Waals surface area (Å²) in [4.78, 5) is 25.6. The summed E-state index contributed by atoms with van der Waals surface area (Å²) in [6, 6.07) is 0. The van der Waals surface area contributed by atoms with Crippen molar-refractivity contribution < 1.29 is 40.3 Å². The monoisotopic (exact) mass is 399 g/mol. The molecular formula is O4PSnW+. The van der Waals surface area contributed by atoms with Crippen molar-refractivity contribution in [3.63, 3.8) is 0 Å². The summed E-state index contributed by atoms with van der Waals surface area (Å²) in [6.07, 6.45) is 0. The molecule has 0 fully saturated rings. The van der Waals surface area contributed by atoms with Crippen molar-refractivity contribution in [1.29, 1.82) is 0 Å². The minimum atomic E-state index is -5.39. The quantitative estimate of drug-likeness (QED) is 0.318. The molecule has 0 saturated carbocycles. The molecule has 0 unspecified atom stereocenters. The van der Waals surface area contributed by atoms with Gasteiger partial charge < -0.3 is 19.2 Å². The van der Waals surface area contributed by atoms with Crippen molar-refractivity contribution in [2.75, 3.05) is 0 Å². The van der Waals surface area contributed by atoms with E-state index in [9.17, 15) is 0 Å². The van der Waals surface area contributed by atoms with Crippen LogP contribution in [0, 0.1) is 0 Å². The molecule has 0 N–H and O–H groups in total. The third-order valence-electron chi connectivity index (χ3n) is 0. The van der Waals surface area contributed by atoms with E-state index in [0.29, 0.717) is 0 Å². The predicted molar refractivity (Wildman–Crippen MR) is 13.4 cm³/mol. The molecule has 0 atom stereocenters. The van der Waals surface area contributed by atoms with Crippen LogP contribution in [-0.4, -0.2) is 23.9 Å². The Kier molecular flexibility index (Phi) is 13.0. The van der Waals surface area contributed by atoms with Crippen LogP contribution in [0.15, 0.2) is 0 Å². The standard InChI is InChI=1S/H3O4P.Sn.W/c1-5(2,3)4;;/h(H3,1,2,3,4);;/q;+4;/p-3. The van der Waals surface area contributed by atoms with Gasteiger partial charge in [0.2, 0.25) is 0 Å². The molecule has 38 valence electrons. The SMILES string of the molecule is O=P([O-])([O-])[O-].[Sn+4].[W]. The predicted octanol–water partition coefficient (Wildman–Crippen LogP) is -3.21. The Morgan fingerprint density at radius 2 is 1.14 bits per heavy atom. The Morgan fingerprint density at radius 1 is 1.14 bits per heavy atom. The van der Waals surface area contributed by atoms with E-state index < -0.39 is 7.82 Å². The minimum absolute atomic E-state index is 0. The van der Waals surface area contributed by atoms with Crippen LogP contribution in [0.25, 0.3) is 0 Å². The maximum absolute atomic E-state index is 8.55. The fraction of sp³-hybridized carbons (Fsp3) is 0. The first-order chi connectivity index (χ1) is 2.00. The van der Waals surface area contributed by atoms with Crippen LogP contribution in [-0.2, 0) is 25.6 Å². The average Bonchev–Trinajstić information content (AvgIpc) is 0.722. The van der Waals surface area contributed by atoms with E-state index in [1.807, 2.05) is 0 Å². The molecule has 0 aliphatic heterocycles. The largest absolute Gasteiger partial charge is 4.00 e. The van der Waals surface area contributed by atoms with Gasteiger partial charge in [-0.05, 0) is 0 Å². The smallest absolute Gasteiger partial charge is 0.822 e. The van der Waals surface area contributed by atoms with E-state index in [0.717, 1.165) is 0 Å². The second kappa shape index (κ2) is 5.73. The summed E-state index contributed by atoms with van der Waals surface area (Å²) in [5.74, 6) is 0. The van der Waals surface area contributed by atoms with Crippen molar-refractivity contribution >= 4 is 31.7 Å². The van der Waals surface area contributed by atoms with Crippen LogP contribution in [0.1, 0.15) is 0 Å². The normalized spacial score (nSPS) is 8.43. The fourth-order valence-corrected chi connectivity index (χ4v) is 0. The van der Waals surface area contributed by atoms with Gasteiger partial charge in [0.15, 0.2) is 0 Å². The number of hydrogen-bond acceptors (Lipinski definition) is 4. The van der Waals surface area contributed by atoms with Gasteiger partial charge in [-0.3, -0.25) is 0 Å². The van der Waals surface area contributed by atoms with Gasteiger partial charge >= 0.3 is 23.9 Å². The van der Waals surface area contributed by atoms with Gasteiger partial charge in [-0.1, -0.05) is 0 Å². The average molecular weight is 398 g/mol. The van der Waals surface area contributed by atoms with Crippen LogP contribution in [0.5, 0.6) is 0 Å². The Morgan fingerprint density at radius 3 is 1.14 bits per heavy atom. The molecule has 0 spiro atoms. The third kappa shape index (κ3) is 93.3. The van der Waals surface area contributed by atoms with E-state index in [1.54, 1.807) is 0 Å². The topological polar surface area (TPSA) is 86.2 Å². The van der Waals surface area contributed by atoms with Gasteiger partial charge in [0.25, 0.3) is 0 Å². The first kappa shape index (κ1) is 15.8. The maximum Gasteiger partial charge on any atom is 4.00 e. The first-order valence-electron chi connectivity index (χ1n) is 0.730. The molecule has 4 nitrogen and oxygen atoms in total. The van der Waals surface area contributed by atoms with E-state index in [-0.39, 0.29) is 45.0 Å². The Balaban J connectivity index is -0.0000000800. The Hall–Kier alpha value is 1.60. The molecule has 0 saturated heterocycles. The molecule has 7 heteroatoms. The van der Waals surface area contributed by atoms with Crippen LogP contribution in [0.4, 0.5) is 0 Å². The molecule has 0 aromatic carbocycles. The van der Waals surface area contributed by atoms with Gasteiger partial charge in [-0.2, -0.15) is 7.82 Å². The fourth-order valence-electron chi connectivity index (χ4n) is 0. The van der Waals surface area contributed by atoms with Crippen LogP contribution in [0.3, 0.4) is 0 Å². The van der Waals surface area contributed by atoms with Gasteiger partial charge in [-0.25, -0.2) is 0 Å². The maximum atomic E-state index is 8.55. The molecular weight excluding hydrogens is 398 g/mol. The second-order valence-electron chi connectivity index (χ2n) is 0.447. The summed E-state index contributed by atoms with van der Waals surface area (Å²) < 4.78 is 8.55. The van der Waals surface area contributed by atoms with Crippen molar-refractivity contribution in [2.24, 2.45) is 0 Å². The van der Waals surface area contributed by atoms with Crippen molar-refractivity contribution in [3.8, 4) is 0 Å². The summed E-state index contributed by atoms with van der Waals surface area (Å²) in [6.45, 7) is 0. The molecule has 0 aromatic rings. The minimum Gasteiger partial charge on any atom is -0.822 e. The van der Waals surface area contributed by atoms with Gasteiger partial charge in [0, 0.05) is 21.1 Å². The van der Waals surface area contributed by atoms with Crippen LogP contribution >= 0.6 is 7.82 Å². The van der Waals surface area contributed by atoms with Gasteiger partial charge in [0.1, 0.15) is 0 Å². The van der Waals surface area contributed by atoms with Crippen molar-refractivity contribution in [3.05, 3.63) is 0 Å². The molecule has 0 rings (SSSR count). The molecule has 0 aliphatic rings. The number of phosphoric acid groups is 1. The third-order valence-corrected chi connectivity index (χ3v) is 0. The Bertz CT molecular complexity index is 57.8. The van der Waals surface area contributed by atoms with E-state index in [4.69, 9.17) is 19.2 Å². The molecule has 0 aliphatic carbocycles. The molecule has 0 bridgehead atoms.